The zero-order valence-corrected chi connectivity index (χ0v) is 21.6. The number of halogens is 3. The second-order valence-electron chi connectivity index (χ2n) is 10.0. The molecular formula is C27H38F3N7O2. The number of anilines is 3. The van der Waals surface area contributed by atoms with Gasteiger partial charge in [0.2, 0.25) is 11.9 Å². The third-order valence-electron chi connectivity index (χ3n) is 6.72. The molecule has 0 spiro atoms. The fraction of sp³-hybridized carbons (Fsp3) is 0.556. The van der Waals surface area contributed by atoms with E-state index in [-0.39, 0.29) is 37.0 Å². The molecular weight excluding hydrogens is 511 g/mol. The molecule has 12 heteroatoms. The summed E-state index contributed by atoms with van der Waals surface area (Å²) in [5.74, 6) is -1.09. The maximum atomic E-state index is 13.7. The molecule has 4 N–H and O–H groups in total. The van der Waals surface area contributed by atoms with Crippen LogP contribution in [0.4, 0.5) is 30.6 Å². The maximum absolute atomic E-state index is 13.7. The minimum absolute atomic E-state index is 0. The van der Waals surface area contributed by atoms with Crippen molar-refractivity contribution in [1.82, 2.24) is 25.5 Å². The van der Waals surface area contributed by atoms with Crippen molar-refractivity contribution in [2.45, 2.75) is 65.2 Å². The molecule has 4 rings (SSSR count). The number of carbonyl (C=O) groups is 2. The summed E-state index contributed by atoms with van der Waals surface area (Å²) in [5, 5.41) is 11.9. The van der Waals surface area contributed by atoms with Crippen LogP contribution in [0.2, 0.25) is 0 Å². The number of amides is 2. The van der Waals surface area contributed by atoms with Crippen LogP contribution in [0.25, 0.3) is 0 Å². The van der Waals surface area contributed by atoms with Crippen molar-refractivity contribution < 1.29 is 22.8 Å². The van der Waals surface area contributed by atoms with Crippen molar-refractivity contribution in [2.24, 2.45) is 5.92 Å². The van der Waals surface area contributed by atoms with Gasteiger partial charge in [0.25, 0.3) is 5.91 Å². The highest BCUT2D eigenvalue weighted by Crippen LogP contribution is 2.36. The molecule has 1 aliphatic carbocycles. The molecule has 0 unspecified atom stereocenters. The Morgan fingerprint density at radius 2 is 1.82 bits per heavy atom. The Morgan fingerprint density at radius 1 is 1.08 bits per heavy atom. The Labute approximate surface area is 227 Å². The van der Waals surface area contributed by atoms with E-state index in [0.29, 0.717) is 37.2 Å². The zero-order valence-electron chi connectivity index (χ0n) is 21.6. The highest BCUT2D eigenvalue weighted by molar-refractivity contribution is 5.94. The zero-order chi connectivity index (χ0) is 27.3. The molecule has 2 aliphatic rings. The molecule has 1 aromatic heterocycles. The Balaban J connectivity index is 0.00000420. The first-order chi connectivity index (χ1) is 18.1. The van der Waals surface area contributed by atoms with Gasteiger partial charge < -0.3 is 26.2 Å². The van der Waals surface area contributed by atoms with E-state index in [9.17, 15) is 22.8 Å². The van der Waals surface area contributed by atoms with Crippen LogP contribution in [0.3, 0.4) is 0 Å². The average molecular weight is 550 g/mol. The second kappa shape index (κ2) is 13.1. The van der Waals surface area contributed by atoms with Gasteiger partial charge in [-0.15, -0.1) is 0 Å². The van der Waals surface area contributed by atoms with Crippen LogP contribution in [0.15, 0.2) is 30.5 Å². The number of nitrogens with zero attached hydrogens (tertiary/aromatic N) is 3. The van der Waals surface area contributed by atoms with E-state index in [0.717, 1.165) is 32.1 Å². The van der Waals surface area contributed by atoms with Gasteiger partial charge >= 0.3 is 6.18 Å². The number of rotatable bonds is 7. The predicted octanol–water partition coefficient (Wildman–Crippen LogP) is 4.42. The van der Waals surface area contributed by atoms with Crippen molar-refractivity contribution in [1.29, 1.82) is 0 Å². The van der Waals surface area contributed by atoms with Crippen molar-refractivity contribution >= 4 is 29.3 Å². The normalized spacial score (nSPS) is 19.7. The van der Waals surface area contributed by atoms with E-state index in [1.165, 1.54) is 0 Å². The van der Waals surface area contributed by atoms with E-state index in [4.69, 9.17) is 0 Å². The Hall–Kier alpha value is -3.41. The molecule has 2 atom stereocenters. The number of hydrogen-bond acceptors (Lipinski definition) is 7. The molecule has 39 heavy (non-hydrogen) atoms. The Bertz CT molecular complexity index is 1120. The van der Waals surface area contributed by atoms with Gasteiger partial charge in [-0.25, -0.2) is 4.98 Å². The van der Waals surface area contributed by atoms with Gasteiger partial charge in [-0.05, 0) is 63.9 Å². The summed E-state index contributed by atoms with van der Waals surface area (Å²) >= 11 is 0. The molecule has 2 heterocycles. The monoisotopic (exact) mass is 549 g/mol. The van der Waals surface area contributed by atoms with E-state index < -0.39 is 23.7 Å². The molecule has 0 bridgehead atoms. The summed E-state index contributed by atoms with van der Waals surface area (Å²) in [6.45, 7) is 6.62. The van der Waals surface area contributed by atoms with Gasteiger partial charge in [0.15, 0.2) is 0 Å². The molecule has 1 saturated heterocycles. The molecule has 1 aliphatic heterocycles. The second-order valence-corrected chi connectivity index (χ2v) is 10.0. The SMILES string of the molecule is C.CC(C)NC(=O)[C@H]1CCC[C@H]1Nc1nc(Nc2ccc(C(=O)N3CCCNCC3)cc2)ncc1C(F)(F)F. The third-order valence-corrected chi connectivity index (χ3v) is 6.72. The number of benzene rings is 1. The molecule has 1 saturated carbocycles. The minimum atomic E-state index is -4.67. The summed E-state index contributed by atoms with van der Waals surface area (Å²) in [4.78, 5) is 35.2. The molecule has 0 radical (unpaired) electrons. The number of carbonyl (C=O) groups excluding carboxylic acids is 2. The Kier molecular flexibility index (Phi) is 10.1. The summed E-state index contributed by atoms with van der Waals surface area (Å²) in [6.07, 6.45) is -1.17. The number of nitrogens with one attached hydrogen (secondary N) is 4. The number of alkyl halides is 3. The molecule has 2 amide bonds. The van der Waals surface area contributed by atoms with Gasteiger partial charge in [-0.2, -0.15) is 18.2 Å². The van der Waals surface area contributed by atoms with E-state index in [2.05, 4.69) is 31.2 Å². The van der Waals surface area contributed by atoms with Gasteiger partial charge in [0.1, 0.15) is 11.4 Å². The maximum Gasteiger partial charge on any atom is 0.421 e. The standard InChI is InChI=1S/C26H34F3N7O2.CH4/c1-16(2)32-23(37)19-5-3-6-21(19)34-22-20(26(27,28)29)15-31-25(35-22)33-18-9-7-17(8-10-18)24(38)36-13-4-11-30-12-14-36;/h7-10,15-16,19,21,30H,3-6,11-14H2,1-2H3,(H,32,37)(H2,31,33,34,35);1H4/t19-,21+;/m0./s1. The van der Waals surface area contributed by atoms with Crippen molar-refractivity contribution in [3.63, 3.8) is 0 Å². The van der Waals surface area contributed by atoms with Crippen LogP contribution in [-0.2, 0) is 11.0 Å². The fourth-order valence-corrected chi connectivity index (χ4v) is 4.83. The first kappa shape index (κ1) is 30.1. The minimum Gasteiger partial charge on any atom is -0.366 e. The lowest BCUT2D eigenvalue weighted by molar-refractivity contribution is -0.137. The smallest absolute Gasteiger partial charge is 0.366 e. The highest BCUT2D eigenvalue weighted by Gasteiger charge is 2.39. The van der Waals surface area contributed by atoms with Gasteiger partial charge in [0, 0.05) is 49.2 Å². The van der Waals surface area contributed by atoms with Crippen molar-refractivity contribution in [2.75, 3.05) is 36.8 Å². The van der Waals surface area contributed by atoms with Crippen LogP contribution in [0.5, 0.6) is 0 Å². The summed E-state index contributed by atoms with van der Waals surface area (Å²) < 4.78 is 41.2. The molecule has 9 nitrogen and oxygen atoms in total. The topological polar surface area (TPSA) is 111 Å². The van der Waals surface area contributed by atoms with Crippen LogP contribution in [0, 0.1) is 5.92 Å². The van der Waals surface area contributed by atoms with Gasteiger partial charge in [-0.1, -0.05) is 13.8 Å². The summed E-state index contributed by atoms with van der Waals surface area (Å²) in [6, 6.07) is 6.14. The lowest BCUT2D eigenvalue weighted by atomic mass is 10.0. The summed E-state index contributed by atoms with van der Waals surface area (Å²) in [5.41, 5.74) is 0.0609. The number of aromatic nitrogens is 2. The quantitative estimate of drug-likeness (QED) is 0.405. The molecule has 1 aromatic carbocycles. The lowest BCUT2D eigenvalue weighted by Gasteiger charge is -2.24. The van der Waals surface area contributed by atoms with Crippen molar-refractivity contribution in [3.8, 4) is 0 Å². The molecule has 2 aromatic rings. The highest BCUT2D eigenvalue weighted by atomic mass is 19.4. The van der Waals surface area contributed by atoms with E-state index in [1.54, 1.807) is 29.2 Å². The fourth-order valence-electron chi connectivity index (χ4n) is 4.83. The first-order valence-electron chi connectivity index (χ1n) is 13.0. The third kappa shape index (κ3) is 7.81. The Morgan fingerprint density at radius 3 is 2.51 bits per heavy atom. The number of hydrogen-bond donors (Lipinski definition) is 4. The molecule has 214 valence electrons. The lowest BCUT2D eigenvalue weighted by Crippen LogP contribution is -2.41. The summed E-state index contributed by atoms with van der Waals surface area (Å²) in [7, 11) is 0. The van der Waals surface area contributed by atoms with Crippen LogP contribution in [0.1, 0.15) is 62.9 Å². The van der Waals surface area contributed by atoms with Crippen LogP contribution < -0.4 is 21.3 Å². The average Bonchev–Trinajstić information content (AvgIpc) is 3.15. The van der Waals surface area contributed by atoms with E-state index >= 15 is 0 Å². The predicted molar refractivity (Wildman–Crippen MR) is 145 cm³/mol. The first-order valence-corrected chi connectivity index (χ1v) is 13.0. The van der Waals surface area contributed by atoms with E-state index in [1.807, 2.05) is 13.8 Å². The van der Waals surface area contributed by atoms with Crippen molar-refractivity contribution in [3.05, 3.63) is 41.6 Å². The van der Waals surface area contributed by atoms with Gasteiger partial charge in [0.05, 0.1) is 5.92 Å². The van der Waals surface area contributed by atoms with Crippen LogP contribution >= 0.6 is 0 Å². The van der Waals surface area contributed by atoms with Crippen LogP contribution in [-0.4, -0.2) is 64.9 Å². The largest absolute Gasteiger partial charge is 0.421 e. The van der Waals surface area contributed by atoms with Gasteiger partial charge in [-0.3, -0.25) is 9.59 Å². The molecule has 2 fully saturated rings.